The Morgan fingerprint density at radius 1 is 1.00 bits per heavy atom. The van der Waals surface area contributed by atoms with Gasteiger partial charge in [0.15, 0.2) is 0 Å². The molecule has 0 saturated heterocycles. The number of carbonyl (C=O) groups is 1. The zero-order valence-electron chi connectivity index (χ0n) is 17.3. The molecule has 4 aromatic rings. The molecule has 4 rings (SSSR count). The maximum Gasteiger partial charge on any atom is 0.303 e. The summed E-state index contributed by atoms with van der Waals surface area (Å²) >= 11 is 0. The van der Waals surface area contributed by atoms with Crippen molar-refractivity contribution in [2.45, 2.75) is 38.7 Å². The number of hydrogen-bond acceptors (Lipinski definition) is 5. The summed E-state index contributed by atoms with van der Waals surface area (Å²) in [5, 5.41) is 9.55. The number of carboxylic acids is 1. The van der Waals surface area contributed by atoms with Crippen LogP contribution < -0.4 is 4.74 Å². The molecule has 0 bridgehead atoms. The van der Waals surface area contributed by atoms with Gasteiger partial charge in [-0.05, 0) is 31.7 Å². The maximum atomic E-state index is 10.7. The Morgan fingerprint density at radius 3 is 2.35 bits per heavy atom. The van der Waals surface area contributed by atoms with E-state index in [0.717, 1.165) is 40.7 Å². The van der Waals surface area contributed by atoms with Gasteiger partial charge in [-0.2, -0.15) is 0 Å². The van der Waals surface area contributed by atoms with Crippen molar-refractivity contribution in [1.82, 2.24) is 9.97 Å². The first-order chi connectivity index (χ1) is 15.1. The first-order valence-corrected chi connectivity index (χ1v) is 10.4. The van der Waals surface area contributed by atoms with Gasteiger partial charge < -0.3 is 14.3 Å². The number of benzene rings is 2. The molecule has 1 N–H and O–H groups in total. The largest absolute Gasteiger partial charge is 0.481 e. The minimum absolute atomic E-state index is 0.120. The van der Waals surface area contributed by atoms with E-state index in [9.17, 15) is 4.79 Å². The lowest BCUT2D eigenvalue weighted by Gasteiger charge is -2.14. The third kappa shape index (κ3) is 4.74. The van der Waals surface area contributed by atoms with Gasteiger partial charge >= 0.3 is 5.97 Å². The van der Waals surface area contributed by atoms with Gasteiger partial charge in [0.25, 0.3) is 0 Å². The summed E-state index contributed by atoms with van der Waals surface area (Å²) in [4.78, 5) is 19.5. The highest BCUT2D eigenvalue weighted by atomic mass is 16.5. The number of aromatic nitrogens is 2. The molecule has 6 heteroatoms. The summed E-state index contributed by atoms with van der Waals surface area (Å²) in [6.45, 7) is 1.97. The molecule has 0 aliphatic carbocycles. The number of rotatable bonds is 9. The fourth-order valence-electron chi connectivity index (χ4n) is 3.63. The van der Waals surface area contributed by atoms with Crippen molar-refractivity contribution in [1.29, 1.82) is 0 Å². The Kier molecular flexibility index (Phi) is 6.26. The third-order valence-corrected chi connectivity index (χ3v) is 5.12. The van der Waals surface area contributed by atoms with Gasteiger partial charge in [0.05, 0.1) is 6.10 Å². The molecule has 0 amide bonds. The Balaban J connectivity index is 1.72. The number of carboxylic acid groups (broad SMARTS) is 1. The van der Waals surface area contributed by atoms with E-state index in [1.165, 1.54) is 6.33 Å². The van der Waals surface area contributed by atoms with Gasteiger partial charge in [-0.3, -0.25) is 4.79 Å². The number of unbranched alkanes of at least 4 members (excludes halogenated alkanes) is 1. The van der Waals surface area contributed by atoms with Gasteiger partial charge in [-0.15, -0.1) is 0 Å². The molecule has 2 aromatic heterocycles. The standard InChI is InChI=1S/C25H24N2O4/c1-17(10-8-9-15-20(28)29)30-24-22-21(18-11-4-2-5-12-18)23(19-13-6-3-7-14-19)31-25(22)27-16-26-24/h2-7,11-14,16-17H,8-10,15H2,1H3,(H,28,29)/t17-/m1/s1. The SMILES string of the molecule is C[C@H](CCCCC(=O)O)Oc1ncnc2oc(-c3ccccc3)c(-c3ccccc3)c12. The van der Waals surface area contributed by atoms with E-state index in [1.54, 1.807) is 0 Å². The lowest BCUT2D eigenvalue weighted by atomic mass is 9.99. The summed E-state index contributed by atoms with van der Waals surface area (Å²) in [6, 6.07) is 19.9. The highest BCUT2D eigenvalue weighted by Gasteiger charge is 2.23. The number of hydrogen-bond donors (Lipinski definition) is 1. The molecule has 6 nitrogen and oxygen atoms in total. The van der Waals surface area contributed by atoms with Crippen LogP contribution in [-0.2, 0) is 4.79 Å². The van der Waals surface area contributed by atoms with Crippen LogP contribution in [0.5, 0.6) is 5.88 Å². The Bertz CT molecular complexity index is 1160. The second kappa shape index (κ2) is 9.43. The van der Waals surface area contributed by atoms with Crippen molar-refractivity contribution in [3.8, 4) is 28.3 Å². The minimum atomic E-state index is -0.773. The fraction of sp³-hybridized carbons (Fsp3) is 0.240. The van der Waals surface area contributed by atoms with Crippen LogP contribution in [0.15, 0.2) is 71.4 Å². The average molecular weight is 416 g/mol. The molecule has 2 aromatic carbocycles. The second-order valence-corrected chi connectivity index (χ2v) is 7.47. The lowest BCUT2D eigenvalue weighted by molar-refractivity contribution is -0.137. The smallest absolute Gasteiger partial charge is 0.303 e. The topological polar surface area (TPSA) is 85.5 Å². The third-order valence-electron chi connectivity index (χ3n) is 5.12. The Labute approximate surface area is 180 Å². The van der Waals surface area contributed by atoms with Crippen molar-refractivity contribution < 1.29 is 19.1 Å². The molecule has 0 aliphatic rings. The number of ether oxygens (including phenoxy) is 1. The highest BCUT2D eigenvalue weighted by molar-refractivity contribution is 6.03. The quantitative estimate of drug-likeness (QED) is 0.338. The van der Waals surface area contributed by atoms with Gasteiger partial charge in [0.2, 0.25) is 11.6 Å². The fourth-order valence-corrected chi connectivity index (χ4v) is 3.63. The normalized spacial score (nSPS) is 12.0. The summed E-state index contributed by atoms with van der Waals surface area (Å²) in [7, 11) is 0. The van der Waals surface area contributed by atoms with Crippen LogP contribution in [0, 0.1) is 0 Å². The number of nitrogens with zero attached hydrogens (tertiary/aromatic N) is 2. The van der Waals surface area contributed by atoms with E-state index in [1.807, 2.05) is 67.6 Å². The van der Waals surface area contributed by atoms with Gasteiger partial charge in [0.1, 0.15) is 17.5 Å². The Hall–Kier alpha value is -3.67. The van der Waals surface area contributed by atoms with Crippen LogP contribution in [0.2, 0.25) is 0 Å². The molecule has 0 spiro atoms. The number of aliphatic carboxylic acids is 1. The summed E-state index contributed by atoms with van der Waals surface area (Å²) in [5.41, 5.74) is 3.32. The van der Waals surface area contributed by atoms with Crippen molar-refractivity contribution in [2.75, 3.05) is 0 Å². The molecule has 0 aliphatic heterocycles. The van der Waals surface area contributed by atoms with E-state index in [-0.39, 0.29) is 12.5 Å². The van der Waals surface area contributed by atoms with E-state index in [0.29, 0.717) is 18.0 Å². The predicted molar refractivity (Wildman–Crippen MR) is 119 cm³/mol. The maximum absolute atomic E-state index is 10.7. The summed E-state index contributed by atoms with van der Waals surface area (Å²) < 4.78 is 12.4. The lowest BCUT2D eigenvalue weighted by Crippen LogP contribution is -2.13. The van der Waals surface area contributed by atoms with Crippen LogP contribution in [0.1, 0.15) is 32.6 Å². The first kappa shape index (κ1) is 20.6. The number of fused-ring (bicyclic) bond motifs is 1. The van der Waals surface area contributed by atoms with Gasteiger partial charge in [0, 0.05) is 17.5 Å². The van der Waals surface area contributed by atoms with Crippen molar-refractivity contribution in [3.05, 3.63) is 67.0 Å². The zero-order chi connectivity index (χ0) is 21.6. The van der Waals surface area contributed by atoms with Gasteiger partial charge in [-0.25, -0.2) is 9.97 Å². The zero-order valence-corrected chi connectivity index (χ0v) is 17.3. The van der Waals surface area contributed by atoms with Crippen LogP contribution >= 0.6 is 0 Å². The summed E-state index contributed by atoms with van der Waals surface area (Å²) in [6.07, 6.45) is 3.63. The minimum Gasteiger partial charge on any atom is -0.481 e. The monoisotopic (exact) mass is 416 g/mol. The van der Waals surface area contributed by atoms with E-state index >= 15 is 0 Å². The van der Waals surface area contributed by atoms with Crippen molar-refractivity contribution in [3.63, 3.8) is 0 Å². The molecule has 31 heavy (non-hydrogen) atoms. The van der Waals surface area contributed by atoms with Crippen LogP contribution in [-0.4, -0.2) is 27.1 Å². The number of furan rings is 1. The van der Waals surface area contributed by atoms with Crippen LogP contribution in [0.25, 0.3) is 33.6 Å². The van der Waals surface area contributed by atoms with E-state index < -0.39 is 5.97 Å². The molecular weight excluding hydrogens is 392 g/mol. The Morgan fingerprint density at radius 2 is 1.68 bits per heavy atom. The average Bonchev–Trinajstić information content (AvgIpc) is 3.18. The van der Waals surface area contributed by atoms with E-state index in [4.69, 9.17) is 14.3 Å². The molecule has 0 fully saturated rings. The van der Waals surface area contributed by atoms with Crippen LogP contribution in [0.3, 0.4) is 0 Å². The summed E-state index contributed by atoms with van der Waals surface area (Å²) in [5.74, 6) is 0.423. The molecule has 0 saturated carbocycles. The van der Waals surface area contributed by atoms with E-state index in [2.05, 4.69) is 9.97 Å². The molecule has 1 atom stereocenters. The van der Waals surface area contributed by atoms with Crippen molar-refractivity contribution >= 4 is 17.1 Å². The van der Waals surface area contributed by atoms with Gasteiger partial charge in [-0.1, -0.05) is 60.7 Å². The molecule has 0 unspecified atom stereocenters. The molecular formula is C25H24N2O4. The predicted octanol–water partition coefficient (Wildman–Crippen LogP) is 5.97. The van der Waals surface area contributed by atoms with Crippen molar-refractivity contribution in [2.24, 2.45) is 0 Å². The molecule has 2 heterocycles. The molecule has 0 radical (unpaired) electrons. The first-order valence-electron chi connectivity index (χ1n) is 10.4. The highest BCUT2D eigenvalue weighted by Crippen LogP contribution is 2.43. The van der Waals surface area contributed by atoms with Crippen LogP contribution in [0.4, 0.5) is 0 Å². The molecule has 158 valence electrons. The second-order valence-electron chi connectivity index (χ2n) is 7.47.